The molecule has 14 heavy (non-hydrogen) atoms. The zero-order valence-electron chi connectivity index (χ0n) is 8.15. The van der Waals surface area contributed by atoms with Crippen molar-refractivity contribution in [3.05, 3.63) is 11.9 Å². The normalized spacial score (nSPS) is 10.7. The highest BCUT2D eigenvalue weighted by molar-refractivity contribution is 5.57. The van der Waals surface area contributed by atoms with E-state index in [2.05, 4.69) is 20.3 Å². The molecule has 0 atom stereocenters. The summed E-state index contributed by atoms with van der Waals surface area (Å²) in [7, 11) is 1.88. The van der Waals surface area contributed by atoms with Crippen LogP contribution in [0, 0.1) is 0 Å². The summed E-state index contributed by atoms with van der Waals surface area (Å²) in [6.07, 6.45) is 2.76. The standard InChI is InChI=1S/C8H12N6/c1-3-6-5(4-14(2)13-6)7-10-8(9)12-11-7/h4H,3H2,1-2H3,(H3,9,10,11,12). The Balaban J connectivity index is 2.49. The molecule has 0 saturated carbocycles. The lowest BCUT2D eigenvalue weighted by Gasteiger charge is -1.92. The number of anilines is 1. The quantitative estimate of drug-likeness (QED) is 0.718. The number of nitrogens with zero attached hydrogens (tertiary/aromatic N) is 4. The SMILES string of the molecule is CCc1nn(C)cc1-c1nc(N)n[nH]1. The van der Waals surface area contributed by atoms with Crippen LogP contribution in [0.2, 0.25) is 0 Å². The third-order valence-corrected chi connectivity index (χ3v) is 2.00. The number of aryl methyl sites for hydroxylation is 2. The van der Waals surface area contributed by atoms with Gasteiger partial charge in [0, 0.05) is 13.2 Å². The lowest BCUT2D eigenvalue weighted by atomic mass is 10.2. The van der Waals surface area contributed by atoms with E-state index in [1.165, 1.54) is 0 Å². The highest BCUT2D eigenvalue weighted by Crippen LogP contribution is 2.19. The fourth-order valence-corrected chi connectivity index (χ4v) is 1.39. The van der Waals surface area contributed by atoms with Crippen molar-refractivity contribution < 1.29 is 0 Å². The van der Waals surface area contributed by atoms with Gasteiger partial charge in [0.05, 0.1) is 11.3 Å². The fraction of sp³-hybridized carbons (Fsp3) is 0.375. The molecule has 0 aliphatic rings. The summed E-state index contributed by atoms with van der Waals surface area (Å²) in [5, 5.41) is 10.9. The molecular weight excluding hydrogens is 180 g/mol. The minimum atomic E-state index is 0.255. The first-order chi connectivity index (χ1) is 6.70. The minimum absolute atomic E-state index is 0.255. The number of hydrogen-bond acceptors (Lipinski definition) is 4. The maximum absolute atomic E-state index is 5.43. The third-order valence-electron chi connectivity index (χ3n) is 2.00. The number of nitrogens with two attached hydrogens (primary N) is 1. The van der Waals surface area contributed by atoms with Crippen molar-refractivity contribution in [3.63, 3.8) is 0 Å². The monoisotopic (exact) mass is 192 g/mol. The van der Waals surface area contributed by atoms with Gasteiger partial charge < -0.3 is 5.73 Å². The van der Waals surface area contributed by atoms with Crippen LogP contribution in [0.15, 0.2) is 6.20 Å². The van der Waals surface area contributed by atoms with Crippen molar-refractivity contribution in [2.45, 2.75) is 13.3 Å². The Morgan fingerprint density at radius 2 is 2.36 bits per heavy atom. The van der Waals surface area contributed by atoms with Crippen LogP contribution < -0.4 is 5.73 Å². The molecule has 0 saturated heterocycles. The van der Waals surface area contributed by atoms with Gasteiger partial charge in [0.25, 0.3) is 0 Å². The van der Waals surface area contributed by atoms with Gasteiger partial charge in [0.2, 0.25) is 5.95 Å². The van der Waals surface area contributed by atoms with Crippen LogP contribution in [0.5, 0.6) is 0 Å². The molecule has 2 rings (SSSR count). The molecule has 2 heterocycles. The van der Waals surface area contributed by atoms with E-state index in [0.717, 1.165) is 17.7 Å². The largest absolute Gasteiger partial charge is 0.366 e. The summed E-state index contributed by atoms with van der Waals surface area (Å²) in [6, 6.07) is 0. The van der Waals surface area contributed by atoms with E-state index in [9.17, 15) is 0 Å². The molecule has 0 fully saturated rings. The van der Waals surface area contributed by atoms with Gasteiger partial charge in [-0.3, -0.25) is 9.78 Å². The molecule has 0 amide bonds. The summed E-state index contributed by atoms with van der Waals surface area (Å²) in [4.78, 5) is 4.06. The van der Waals surface area contributed by atoms with E-state index in [0.29, 0.717) is 5.82 Å². The second kappa shape index (κ2) is 3.13. The van der Waals surface area contributed by atoms with E-state index in [-0.39, 0.29) is 5.95 Å². The summed E-state index contributed by atoms with van der Waals surface area (Å²) in [5.41, 5.74) is 7.38. The highest BCUT2D eigenvalue weighted by Gasteiger charge is 2.11. The van der Waals surface area contributed by atoms with Gasteiger partial charge in [-0.25, -0.2) is 0 Å². The number of nitrogen functional groups attached to an aromatic ring is 1. The van der Waals surface area contributed by atoms with Gasteiger partial charge in [0.15, 0.2) is 5.82 Å². The smallest absolute Gasteiger partial charge is 0.239 e. The molecular formula is C8H12N6. The molecule has 0 aliphatic heterocycles. The second-order valence-electron chi connectivity index (χ2n) is 3.06. The topological polar surface area (TPSA) is 85.4 Å². The van der Waals surface area contributed by atoms with E-state index < -0.39 is 0 Å². The van der Waals surface area contributed by atoms with Crippen LogP contribution >= 0.6 is 0 Å². The lowest BCUT2D eigenvalue weighted by Crippen LogP contribution is -1.89. The molecule has 0 radical (unpaired) electrons. The maximum Gasteiger partial charge on any atom is 0.239 e. The van der Waals surface area contributed by atoms with Crippen molar-refractivity contribution in [2.24, 2.45) is 7.05 Å². The van der Waals surface area contributed by atoms with Crippen LogP contribution in [0.3, 0.4) is 0 Å². The number of aromatic nitrogens is 5. The molecule has 0 unspecified atom stereocenters. The number of H-pyrrole nitrogens is 1. The molecule has 74 valence electrons. The first-order valence-corrected chi connectivity index (χ1v) is 4.41. The van der Waals surface area contributed by atoms with E-state index in [4.69, 9.17) is 5.73 Å². The molecule has 2 aromatic rings. The van der Waals surface area contributed by atoms with Gasteiger partial charge in [-0.15, -0.1) is 5.10 Å². The van der Waals surface area contributed by atoms with Crippen molar-refractivity contribution >= 4 is 5.95 Å². The Bertz CT molecular complexity index is 440. The van der Waals surface area contributed by atoms with Crippen LogP contribution in [0.1, 0.15) is 12.6 Å². The summed E-state index contributed by atoms with van der Waals surface area (Å²) < 4.78 is 1.76. The first kappa shape index (κ1) is 8.74. The van der Waals surface area contributed by atoms with Gasteiger partial charge in [0.1, 0.15) is 0 Å². The summed E-state index contributed by atoms with van der Waals surface area (Å²) >= 11 is 0. The second-order valence-corrected chi connectivity index (χ2v) is 3.06. The zero-order chi connectivity index (χ0) is 10.1. The minimum Gasteiger partial charge on any atom is -0.366 e. The van der Waals surface area contributed by atoms with Crippen molar-refractivity contribution in [3.8, 4) is 11.4 Å². The van der Waals surface area contributed by atoms with Crippen molar-refractivity contribution in [2.75, 3.05) is 5.73 Å². The average molecular weight is 192 g/mol. The van der Waals surface area contributed by atoms with Crippen LogP contribution in [0.4, 0.5) is 5.95 Å². The fourth-order valence-electron chi connectivity index (χ4n) is 1.39. The van der Waals surface area contributed by atoms with Crippen molar-refractivity contribution in [1.82, 2.24) is 25.0 Å². The summed E-state index contributed by atoms with van der Waals surface area (Å²) in [5.74, 6) is 0.929. The molecule has 0 aliphatic carbocycles. The molecule has 3 N–H and O–H groups in total. The number of aromatic amines is 1. The van der Waals surface area contributed by atoms with Crippen LogP contribution in [-0.4, -0.2) is 25.0 Å². The Kier molecular flexibility index (Phi) is 1.95. The van der Waals surface area contributed by atoms with Crippen LogP contribution in [0.25, 0.3) is 11.4 Å². The van der Waals surface area contributed by atoms with Crippen molar-refractivity contribution in [1.29, 1.82) is 0 Å². The van der Waals surface area contributed by atoms with Gasteiger partial charge in [-0.1, -0.05) is 6.92 Å². The molecule has 6 nitrogen and oxygen atoms in total. The first-order valence-electron chi connectivity index (χ1n) is 4.41. The predicted molar refractivity (Wildman–Crippen MR) is 52.4 cm³/mol. The van der Waals surface area contributed by atoms with E-state index in [1.807, 2.05) is 20.2 Å². The van der Waals surface area contributed by atoms with E-state index >= 15 is 0 Å². The maximum atomic E-state index is 5.43. The van der Waals surface area contributed by atoms with Gasteiger partial charge >= 0.3 is 0 Å². The molecule has 2 aromatic heterocycles. The lowest BCUT2D eigenvalue weighted by molar-refractivity contribution is 0.746. The number of hydrogen-bond donors (Lipinski definition) is 2. The Labute approximate surface area is 81.1 Å². The summed E-state index contributed by atoms with van der Waals surface area (Å²) in [6.45, 7) is 2.05. The van der Waals surface area contributed by atoms with E-state index in [1.54, 1.807) is 4.68 Å². The average Bonchev–Trinajstić information content (AvgIpc) is 2.71. The number of rotatable bonds is 2. The third kappa shape index (κ3) is 1.34. The van der Waals surface area contributed by atoms with Crippen LogP contribution in [-0.2, 0) is 13.5 Å². The molecule has 6 heteroatoms. The van der Waals surface area contributed by atoms with Gasteiger partial charge in [-0.2, -0.15) is 10.1 Å². The molecule has 0 aromatic carbocycles. The molecule has 0 spiro atoms. The Hall–Kier alpha value is -1.85. The number of nitrogens with one attached hydrogen (secondary N) is 1. The predicted octanol–water partition coefficient (Wildman–Crippen LogP) is 0.350. The Morgan fingerprint density at radius 1 is 1.57 bits per heavy atom. The Morgan fingerprint density at radius 3 is 2.93 bits per heavy atom. The highest BCUT2D eigenvalue weighted by atomic mass is 15.3. The van der Waals surface area contributed by atoms with Gasteiger partial charge in [-0.05, 0) is 6.42 Å². The zero-order valence-corrected chi connectivity index (χ0v) is 8.15. The molecule has 0 bridgehead atoms.